The average molecular weight is 427 g/mol. The van der Waals surface area contributed by atoms with Crippen LogP contribution in [0.4, 0.5) is 40.8 Å². The van der Waals surface area contributed by atoms with Gasteiger partial charge in [-0.3, -0.25) is 0 Å². The Kier molecular flexibility index (Phi) is 5.64. The first-order valence-electron chi connectivity index (χ1n) is 6.68. The van der Waals surface area contributed by atoms with Gasteiger partial charge in [-0.15, -0.1) is 0 Å². The van der Waals surface area contributed by atoms with E-state index in [1.54, 1.807) is 0 Å². The second-order valence-electron chi connectivity index (χ2n) is 4.82. The second kappa shape index (κ2) is 7.63. The van der Waals surface area contributed by atoms with Gasteiger partial charge < -0.3 is 9.84 Å². The van der Waals surface area contributed by atoms with Gasteiger partial charge in [0.1, 0.15) is 16.8 Å². The van der Waals surface area contributed by atoms with E-state index in [0.29, 0.717) is 0 Å². The van der Waals surface area contributed by atoms with Crippen LogP contribution in [-0.4, -0.2) is 17.0 Å². The highest BCUT2D eigenvalue weighted by atomic mass is 19.2. The topological polar surface area (TPSA) is 112 Å². The van der Waals surface area contributed by atoms with Gasteiger partial charge in [0.25, 0.3) is 0 Å². The standard InChI is InChI=1S/C14HF8N3O4/c15-3-1(13(26)27)4(16)10(22)12(9(3)21)29-14(28)2-5(17)7(19)11(24-25-23)8(20)6(2)18/h(H,26,27). The van der Waals surface area contributed by atoms with Crippen LogP contribution in [0.25, 0.3) is 10.4 Å². The number of hydrogen-bond donors (Lipinski definition) is 1. The third-order valence-corrected chi connectivity index (χ3v) is 3.22. The molecule has 0 aliphatic heterocycles. The van der Waals surface area contributed by atoms with E-state index in [1.165, 1.54) is 0 Å². The Hall–Kier alpha value is -3.87. The summed E-state index contributed by atoms with van der Waals surface area (Å²) in [6.45, 7) is 0. The Labute approximate surface area is 152 Å². The third kappa shape index (κ3) is 3.38. The first kappa shape index (κ1) is 21.4. The molecule has 29 heavy (non-hydrogen) atoms. The molecule has 0 atom stereocenters. The Morgan fingerprint density at radius 2 is 1.17 bits per heavy atom. The lowest BCUT2D eigenvalue weighted by atomic mass is 10.1. The molecule has 0 saturated heterocycles. The summed E-state index contributed by atoms with van der Waals surface area (Å²) in [6, 6.07) is 0. The van der Waals surface area contributed by atoms with Crippen LogP contribution in [0.15, 0.2) is 5.11 Å². The predicted octanol–water partition coefficient (Wildman–Crippen LogP) is 4.66. The number of carboxylic acid groups (broad SMARTS) is 1. The zero-order valence-corrected chi connectivity index (χ0v) is 13.0. The molecule has 1 N–H and O–H groups in total. The van der Waals surface area contributed by atoms with Gasteiger partial charge in [0.2, 0.25) is 17.4 Å². The van der Waals surface area contributed by atoms with E-state index in [1.807, 2.05) is 4.91 Å². The molecule has 0 heterocycles. The molecule has 0 radical (unpaired) electrons. The highest BCUT2D eigenvalue weighted by Gasteiger charge is 2.35. The number of benzene rings is 2. The average Bonchev–Trinajstić information content (AvgIpc) is 2.65. The van der Waals surface area contributed by atoms with Crippen LogP contribution in [0.3, 0.4) is 0 Å². The van der Waals surface area contributed by atoms with Gasteiger partial charge in [0.05, 0.1) is 0 Å². The molecule has 2 rings (SSSR count). The fraction of sp³-hybridized carbons (Fsp3) is 0. The quantitative estimate of drug-likeness (QED) is 0.145. The summed E-state index contributed by atoms with van der Waals surface area (Å²) in [4.78, 5) is 24.2. The molecule has 0 saturated carbocycles. The van der Waals surface area contributed by atoms with Crippen molar-refractivity contribution >= 4 is 17.6 Å². The Balaban J connectivity index is 2.66. The van der Waals surface area contributed by atoms with E-state index < -0.39 is 81.0 Å². The summed E-state index contributed by atoms with van der Waals surface area (Å²) in [5, 5.41) is 10.8. The number of halogens is 8. The van der Waals surface area contributed by atoms with Gasteiger partial charge in [0.15, 0.2) is 34.9 Å². The lowest BCUT2D eigenvalue weighted by Crippen LogP contribution is -2.19. The molecule has 0 aliphatic carbocycles. The van der Waals surface area contributed by atoms with Gasteiger partial charge in [0, 0.05) is 4.91 Å². The summed E-state index contributed by atoms with van der Waals surface area (Å²) in [5.74, 6) is -27.4. The number of carbonyl (C=O) groups excluding carboxylic acids is 1. The maximum atomic E-state index is 13.8. The van der Waals surface area contributed by atoms with Crippen LogP contribution in [0.1, 0.15) is 20.7 Å². The van der Waals surface area contributed by atoms with E-state index in [2.05, 4.69) is 9.85 Å². The van der Waals surface area contributed by atoms with Crippen LogP contribution in [0.5, 0.6) is 5.75 Å². The zero-order valence-electron chi connectivity index (χ0n) is 13.0. The summed E-state index contributed by atoms with van der Waals surface area (Å²) in [5.41, 5.74) is 1.90. The number of nitrogens with zero attached hydrogens (tertiary/aromatic N) is 3. The van der Waals surface area contributed by atoms with Crippen LogP contribution >= 0.6 is 0 Å². The first-order chi connectivity index (χ1) is 13.4. The number of carbonyl (C=O) groups is 2. The van der Waals surface area contributed by atoms with Gasteiger partial charge in [-0.2, -0.15) is 8.78 Å². The zero-order chi connectivity index (χ0) is 22.2. The van der Waals surface area contributed by atoms with Crippen LogP contribution in [0.2, 0.25) is 0 Å². The van der Waals surface area contributed by atoms with Crippen molar-refractivity contribution in [2.75, 3.05) is 0 Å². The Morgan fingerprint density at radius 3 is 1.55 bits per heavy atom. The molecule has 2 aromatic rings. The van der Waals surface area contributed by atoms with Crippen molar-refractivity contribution < 1.29 is 54.6 Å². The molecule has 7 nitrogen and oxygen atoms in total. The van der Waals surface area contributed by atoms with Crippen molar-refractivity contribution in [2.24, 2.45) is 5.11 Å². The molecule has 0 aliphatic rings. The fourth-order valence-electron chi connectivity index (χ4n) is 1.96. The van der Waals surface area contributed by atoms with E-state index in [0.717, 1.165) is 0 Å². The molecule has 15 heteroatoms. The first-order valence-corrected chi connectivity index (χ1v) is 6.68. The van der Waals surface area contributed by atoms with Crippen molar-refractivity contribution in [3.05, 3.63) is 68.1 Å². The Morgan fingerprint density at radius 1 is 0.759 bits per heavy atom. The molecule has 0 fully saturated rings. The van der Waals surface area contributed by atoms with E-state index in [9.17, 15) is 44.7 Å². The predicted molar refractivity (Wildman–Crippen MR) is 73.3 cm³/mol. The number of hydrogen-bond acceptors (Lipinski definition) is 4. The number of rotatable bonds is 4. The van der Waals surface area contributed by atoms with Gasteiger partial charge in [-0.25, -0.2) is 35.9 Å². The fourth-order valence-corrected chi connectivity index (χ4v) is 1.96. The Bertz CT molecular complexity index is 1070. The summed E-state index contributed by atoms with van der Waals surface area (Å²) in [7, 11) is 0. The van der Waals surface area contributed by atoms with Crippen LogP contribution < -0.4 is 4.74 Å². The highest BCUT2D eigenvalue weighted by molar-refractivity contribution is 5.93. The minimum absolute atomic E-state index is 1.83. The molecular weight excluding hydrogens is 426 g/mol. The minimum atomic E-state index is -2.60. The number of ether oxygens (including phenoxy) is 1. The lowest BCUT2D eigenvalue weighted by molar-refractivity contribution is 0.0682. The third-order valence-electron chi connectivity index (χ3n) is 3.22. The summed E-state index contributed by atoms with van der Waals surface area (Å²) >= 11 is 0. The monoisotopic (exact) mass is 427 g/mol. The van der Waals surface area contributed by atoms with Crippen molar-refractivity contribution in [2.45, 2.75) is 0 Å². The molecule has 0 spiro atoms. The van der Waals surface area contributed by atoms with E-state index in [4.69, 9.17) is 10.6 Å². The maximum absolute atomic E-state index is 13.8. The highest BCUT2D eigenvalue weighted by Crippen LogP contribution is 2.33. The largest absolute Gasteiger partial charge is 0.477 e. The van der Waals surface area contributed by atoms with Crippen molar-refractivity contribution in [3.63, 3.8) is 0 Å². The molecule has 0 aromatic heterocycles. The van der Waals surface area contributed by atoms with Crippen LogP contribution in [-0.2, 0) is 0 Å². The SMILES string of the molecule is [N-]=[N+]=Nc1c(F)c(F)c(C(=O)Oc2c(F)c(F)c(C(=O)O)c(F)c2F)c(F)c1F. The molecule has 2 aromatic carbocycles. The summed E-state index contributed by atoms with van der Waals surface area (Å²) < 4.78 is 113. The van der Waals surface area contributed by atoms with Gasteiger partial charge in [-0.05, 0) is 5.53 Å². The van der Waals surface area contributed by atoms with Crippen molar-refractivity contribution in [1.82, 2.24) is 0 Å². The number of aromatic carboxylic acids is 1. The number of carboxylic acids is 1. The van der Waals surface area contributed by atoms with Crippen molar-refractivity contribution in [1.29, 1.82) is 0 Å². The molecule has 152 valence electrons. The molecule has 0 unspecified atom stereocenters. The second-order valence-corrected chi connectivity index (χ2v) is 4.82. The van der Waals surface area contributed by atoms with Gasteiger partial charge in [-0.1, -0.05) is 5.11 Å². The lowest BCUT2D eigenvalue weighted by Gasteiger charge is -2.12. The molecule has 0 amide bonds. The molecular formula is C14HF8N3O4. The summed E-state index contributed by atoms with van der Waals surface area (Å²) in [6.07, 6.45) is 0. The van der Waals surface area contributed by atoms with E-state index in [-0.39, 0.29) is 0 Å². The van der Waals surface area contributed by atoms with Crippen molar-refractivity contribution in [3.8, 4) is 5.75 Å². The van der Waals surface area contributed by atoms with Crippen LogP contribution in [0, 0.1) is 46.5 Å². The number of esters is 1. The maximum Gasteiger partial charge on any atom is 0.349 e. The van der Waals surface area contributed by atoms with Gasteiger partial charge >= 0.3 is 11.9 Å². The minimum Gasteiger partial charge on any atom is -0.477 e. The molecule has 0 bridgehead atoms. The smallest absolute Gasteiger partial charge is 0.349 e. The number of azide groups is 1. The van der Waals surface area contributed by atoms with E-state index >= 15 is 0 Å². The normalized spacial score (nSPS) is 10.5.